The van der Waals surface area contributed by atoms with Gasteiger partial charge in [0.15, 0.2) is 0 Å². The summed E-state index contributed by atoms with van der Waals surface area (Å²) in [7, 11) is 0. The smallest absolute Gasteiger partial charge is 0.258 e. The third-order valence-electron chi connectivity index (χ3n) is 3.82. The number of aromatic amines is 1. The molecule has 1 heterocycles. The zero-order chi connectivity index (χ0) is 14.8. The monoisotopic (exact) mass is 308 g/mol. The predicted octanol–water partition coefficient (Wildman–Crippen LogP) is 2.60. The standard InChI is InChI=1S/C15H17FN2O2S/c16-9-1-6-12-13(7-9)17-14(18-15(12)20)8-21-11-4-2-10(19)3-5-11/h1,6-7,10-11,19H,2-5,8H2,(H,17,18,20). The zero-order valence-corrected chi connectivity index (χ0v) is 12.3. The number of aliphatic hydroxyl groups is 1. The summed E-state index contributed by atoms with van der Waals surface area (Å²) < 4.78 is 13.2. The Morgan fingerprint density at radius 1 is 1.33 bits per heavy atom. The molecule has 1 aromatic carbocycles. The normalized spacial score (nSPS) is 22.6. The molecule has 0 amide bonds. The number of hydrogen-bond acceptors (Lipinski definition) is 4. The van der Waals surface area contributed by atoms with Crippen LogP contribution in [-0.4, -0.2) is 26.4 Å². The van der Waals surface area contributed by atoms with Gasteiger partial charge in [-0.05, 0) is 37.8 Å². The molecule has 0 atom stereocenters. The zero-order valence-electron chi connectivity index (χ0n) is 11.5. The van der Waals surface area contributed by atoms with E-state index < -0.39 is 0 Å². The highest BCUT2D eigenvalue weighted by atomic mass is 32.2. The number of thioether (sulfide) groups is 1. The van der Waals surface area contributed by atoms with Crippen molar-refractivity contribution in [1.29, 1.82) is 0 Å². The Kier molecular flexibility index (Phi) is 4.26. The van der Waals surface area contributed by atoms with E-state index in [1.54, 1.807) is 11.8 Å². The van der Waals surface area contributed by atoms with Crippen molar-refractivity contribution < 1.29 is 9.50 Å². The molecule has 1 aromatic heterocycles. The van der Waals surface area contributed by atoms with E-state index in [0.717, 1.165) is 25.7 Å². The van der Waals surface area contributed by atoms with Crippen LogP contribution in [0.15, 0.2) is 23.0 Å². The molecular formula is C15H17FN2O2S. The van der Waals surface area contributed by atoms with Crippen molar-refractivity contribution in [3.05, 3.63) is 40.2 Å². The van der Waals surface area contributed by atoms with Gasteiger partial charge >= 0.3 is 0 Å². The first-order valence-corrected chi connectivity index (χ1v) is 8.15. The minimum absolute atomic E-state index is 0.163. The van der Waals surface area contributed by atoms with E-state index in [4.69, 9.17) is 0 Å². The minimum Gasteiger partial charge on any atom is -0.393 e. The Morgan fingerprint density at radius 3 is 2.86 bits per heavy atom. The van der Waals surface area contributed by atoms with Crippen LogP contribution >= 0.6 is 11.8 Å². The molecule has 1 fully saturated rings. The lowest BCUT2D eigenvalue weighted by Gasteiger charge is -2.24. The lowest BCUT2D eigenvalue weighted by Crippen LogP contribution is -2.20. The number of hydrogen-bond donors (Lipinski definition) is 2. The molecule has 0 spiro atoms. The van der Waals surface area contributed by atoms with Gasteiger partial charge in [0.2, 0.25) is 0 Å². The van der Waals surface area contributed by atoms with Crippen LogP contribution in [-0.2, 0) is 5.75 Å². The van der Waals surface area contributed by atoms with Crippen molar-refractivity contribution >= 4 is 22.7 Å². The minimum atomic E-state index is -0.388. The van der Waals surface area contributed by atoms with Crippen molar-refractivity contribution in [2.24, 2.45) is 0 Å². The van der Waals surface area contributed by atoms with E-state index in [9.17, 15) is 14.3 Å². The average Bonchev–Trinajstić information content (AvgIpc) is 2.46. The van der Waals surface area contributed by atoms with Crippen molar-refractivity contribution in [2.45, 2.75) is 42.8 Å². The molecule has 0 unspecified atom stereocenters. The number of nitrogens with zero attached hydrogens (tertiary/aromatic N) is 1. The van der Waals surface area contributed by atoms with Gasteiger partial charge in [-0.25, -0.2) is 9.37 Å². The number of nitrogens with one attached hydrogen (secondary N) is 1. The van der Waals surface area contributed by atoms with E-state index in [1.807, 2.05) is 0 Å². The second kappa shape index (κ2) is 6.15. The van der Waals surface area contributed by atoms with Gasteiger partial charge in [0.05, 0.1) is 22.8 Å². The summed E-state index contributed by atoms with van der Waals surface area (Å²) >= 11 is 1.74. The molecule has 1 aliphatic carbocycles. The molecule has 3 rings (SSSR count). The Morgan fingerprint density at radius 2 is 2.10 bits per heavy atom. The van der Waals surface area contributed by atoms with Crippen LogP contribution < -0.4 is 5.56 Å². The van der Waals surface area contributed by atoms with E-state index in [2.05, 4.69) is 9.97 Å². The van der Waals surface area contributed by atoms with Gasteiger partial charge in [-0.1, -0.05) is 0 Å². The first kappa shape index (κ1) is 14.5. The SMILES string of the molecule is O=c1[nH]c(CSC2CCC(O)CC2)nc2cc(F)ccc12. The van der Waals surface area contributed by atoms with Crippen LogP contribution in [0.5, 0.6) is 0 Å². The van der Waals surface area contributed by atoms with Crippen LogP contribution in [0.4, 0.5) is 4.39 Å². The molecule has 21 heavy (non-hydrogen) atoms. The molecule has 4 nitrogen and oxygen atoms in total. The van der Waals surface area contributed by atoms with Crippen LogP contribution in [0.25, 0.3) is 10.9 Å². The highest BCUT2D eigenvalue weighted by molar-refractivity contribution is 7.99. The molecule has 0 saturated heterocycles. The summed E-state index contributed by atoms with van der Waals surface area (Å²) in [6.07, 6.45) is 3.48. The average molecular weight is 308 g/mol. The van der Waals surface area contributed by atoms with Crippen LogP contribution in [0.1, 0.15) is 31.5 Å². The second-order valence-corrected chi connectivity index (χ2v) is 6.70. The van der Waals surface area contributed by atoms with E-state index in [0.29, 0.717) is 27.7 Å². The summed E-state index contributed by atoms with van der Waals surface area (Å²) in [6.45, 7) is 0. The summed E-state index contributed by atoms with van der Waals surface area (Å²) in [5, 5.41) is 10.4. The lowest BCUT2D eigenvalue weighted by atomic mass is 9.97. The molecule has 112 valence electrons. The maximum Gasteiger partial charge on any atom is 0.258 e. The summed E-state index contributed by atoms with van der Waals surface area (Å²) in [5.41, 5.74) is 0.170. The lowest BCUT2D eigenvalue weighted by molar-refractivity contribution is 0.132. The largest absolute Gasteiger partial charge is 0.393 e. The van der Waals surface area contributed by atoms with Crippen molar-refractivity contribution in [1.82, 2.24) is 9.97 Å². The van der Waals surface area contributed by atoms with Crippen LogP contribution in [0.3, 0.4) is 0 Å². The van der Waals surface area contributed by atoms with E-state index in [1.165, 1.54) is 18.2 Å². The van der Waals surface area contributed by atoms with Crippen molar-refractivity contribution in [3.8, 4) is 0 Å². The van der Waals surface area contributed by atoms with Gasteiger partial charge in [0, 0.05) is 11.3 Å². The van der Waals surface area contributed by atoms with Gasteiger partial charge in [-0.3, -0.25) is 4.79 Å². The molecular weight excluding hydrogens is 291 g/mol. The highest BCUT2D eigenvalue weighted by Crippen LogP contribution is 2.30. The first-order chi connectivity index (χ1) is 10.1. The fourth-order valence-electron chi connectivity index (χ4n) is 2.64. The van der Waals surface area contributed by atoms with Crippen molar-refractivity contribution in [2.75, 3.05) is 0 Å². The molecule has 0 bridgehead atoms. The van der Waals surface area contributed by atoms with E-state index in [-0.39, 0.29) is 17.5 Å². The Balaban J connectivity index is 1.74. The molecule has 1 saturated carbocycles. The molecule has 2 N–H and O–H groups in total. The van der Waals surface area contributed by atoms with Crippen molar-refractivity contribution in [3.63, 3.8) is 0 Å². The fourth-order valence-corrected chi connectivity index (χ4v) is 3.77. The maximum absolute atomic E-state index is 13.2. The van der Waals surface area contributed by atoms with Gasteiger partial charge in [0.25, 0.3) is 5.56 Å². The third kappa shape index (κ3) is 3.44. The summed E-state index contributed by atoms with van der Waals surface area (Å²) in [6, 6.07) is 4.01. The van der Waals surface area contributed by atoms with Gasteiger partial charge in [0.1, 0.15) is 11.6 Å². The number of halogens is 1. The molecule has 1 aliphatic rings. The van der Waals surface area contributed by atoms with Gasteiger partial charge < -0.3 is 10.1 Å². The molecule has 2 aromatic rings. The fraction of sp³-hybridized carbons (Fsp3) is 0.467. The Bertz CT molecular complexity index is 696. The number of aliphatic hydroxyl groups excluding tert-OH is 1. The Labute approximate surface area is 125 Å². The topological polar surface area (TPSA) is 66.0 Å². The quantitative estimate of drug-likeness (QED) is 0.914. The maximum atomic E-state index is 13.2. The van der Waals surface area contributed by atoms with Gasteiger partial charge in [-0.2, -0.15) is 11.8 Å². The first-order valence-electron chi connectivity index (χ1n) is 7.10. The van der Waals surface area contributed by atoms with E-state index >= 15 is 0 Å². The van der Waals surface area contributed by atoms with Crippen LogP contribution in [0, 0.1) is 5.82 Å². The Hall–Kier alpha value is -1.40. The second-order valence-electron chi connectivity index (χ2n) is 5.42. The predicted molar refractivity (Wildman–Crippen MR) is 81.9 cm³/mol. The number of fused-ring (bicyclic) bond motifs is 1. The summed E-state index contributed by atoms with van der Waals surface area (Å²) in [5.74, 6) is 0.789. The highest BCUT2D eigenvalue weighted by Gasteiger charge is 2.19. The molecule has 0 radical (unpaired) electrons. The summed E-state index contributed by atoms with van der Waals surface area (Å²) in [4.78, 5) is 19.0. The number of rotatable bonds is 3. The third-order valence-corrected chi connectivity index (χ3v) is 5.20. The molecule has 0 aliphatic heterocycles. The number of aromatic nitrogens is 2. The van der Waals surface area contributed by atoms with Crippen LogP contribution in [0.2, 0.25) is 0 Å². The number of H-pyrrole nitrogens is 1. The number of benzene rings is 1. The van der Waals surface area contributed by atoms with Gasteiger partial charge in [-0.15, -0.1) is 0 Å². The molecule has 6 heteroatoms.